The van der Waals surface area contributed by atoms with Crippen molar-refractivity contribution in [3.8, 4) is 0 Å². The third-order valence-corrected chi connectivity index (χ3v) is 5.31. The first-order valence-electron chi connectivity index (χ1n) is 9.96. The fourth-order valence-corrected chi connectivity index (χ4v) is 3.77. The quantitative estimate of drug-likeness (QED) is 0.604. The van der Waals surface area contributed by atoms with E-state index in [0.29, 0.717) is 5.92 Å². The van der Waals surface area contributed by atoms with Crippen LogP contribution in [0.1, 0.15) is 17.5 Å². The summed E-state index contributed by atoms with van der Waals surface area (Å²) in [5.74, 6) is 1.67. The van der Waals surface area contributed by atoms with E-state index in [4.69, 9.17) is 0 Å². The second-order valence-electron chi connectivity index (χ2n) is 7.46. The predicted octanol–water partition coefficient (Wildman–Crippen LogP) is 3.26. The molecule has 27 heavy (non-hydrogen) atoms. The maximum atomic E-state index is 4.46. The molecule has 0 radical (unpaired) electrons. The number of guanidine groups is 1. The van der Waals surface area contributed by atoms with Gasteiger partial charge in [-0.05, 0) is 36.4 Å². The van der Waals surface area contributed by atoms with Crippen LogP contribution in [0.3, 0.4) is 0 Å². The van der Waals surface area contributed by atoms with Crippen LogP contribution < -0.4 is 5.32 Å². The zero-order chi connectivity index (χ0) is 18.9. The fourth-order valence-electron chi connectivity index (χ4n) is 3.77. The number of hydrogen-bond donors (Lipinski definition) is 1. The van der Waals surface area contributed by atoms with Crippen LogP contribution in [0.5, 0.6) is 0 Å². The molecule has 1 atom stereocenters. The van der Waals surface area contributed by atoms with Gasteiger partial charge in [-0.15, -0.1) is 0 Å². The molecule has 0 aliphatic carbocycles. The van der Waals surface area contributed by atoms with E-state index in [-0.39, 0.29) is 0 Å². The van der Waals surface area contributed by atoms with Crippen molar-refractivity contribution >= 4 is 5.96 Å². The largest absolute Gasteiger partial charge is 0.356 e. The van der Waals surface area contributed by atoms with Crippen LogP contribution in [0.4, 0.5) is 0 Å². The van der Waals surface area contributed by atoms with E-state index < -0.39 is 0 Å². The Morgan fingerprint density at radius 2 is 1.74 bits per heavy atom. The van der Waals surface area contributed by atoms with Gasteiger partial charge in [-0.25, -0.2) is 0 Å². The molecule has 4 heteroatoms. The molecule has 2 aromatic rings. The molecule has 1 aliphatic rings. The minimum Gasteiger partial charge on any atom is -0.356 e. The average molecular weight is 365 g/mol. The molecule has 0 spiro atoms. The van der Waals surface area contributed by atoms with E-state index in [1.165, 1.54) is 30.6 Å². The minimum absolute atomic E-state index is 0.697. The second-order valence-corrected chi connectivity index (χ2v) is 7.46. The first kappa shape index (κ1) is 19.4. The predicted molar refractivity (Wildman–Crippen MR) is 114 cm³/mol. The lowest BCUT2D eigenvalue weighted by atomic mass is 10.1. The Kier molecular flexibility index (Phi) is 7.28. The van der Waals surface area contributed by atoms with E-state index in [1.54, 1.807) is 0 Å². The van der Waals surface area contributed by atoms with Crippen molar-refractivity contribution in [1.82, 2.24) is 15.1 Å². The highest BCUT2D eigenvalue weighted by molar-refractivity contribution is 5.79. The van der Waals surface area contributed by atoms with E-state index in [2.05, 4.69) is 87.8 Å². The van der Waals surface area contributed by atoms with Crippen LogP contribution in [-0.2, 0) is 13.0 Å². The molecule has 144 valence electrons. The van der Waals surface area contributed by atoms with Crippen molar-refractivity contribution in [3.05, 3.63) is 71.8 Å². The summed E-state index contributed by atoms with van der Waals surface area (Å²) < 4.78 is 0. The third-order valence-electron chi connectivity index (χ3n) is 5.31. The molecule has 1 heterocycles. The van der Waals surface area contributed by atoms with Gasteiger partial charge >= 0.3 is 0 Å². The maximum absolute atomic E-state index is 4.46. The number of aliphatic imine (C=N–C) groups is 1. The summed E-state index contributed by atoms with van der Waals surface area (Å²) >= 11 is 0. The van der Waals surface area contributed by atoms with Gasteiger partial charge in [-0.2, -0.15) is 0 Å². The molecule has 1 saturated heterocycles. The Labute approximate surface area is 163 Å². The topological polar surface area (TPSA) is 30.9 Å². The van der Waals surface area contributed by atoms with Crippen molar-refractivity contribution in [2.75, 3.05) is 40.3 Å². The van der Waals surface area contributed by atoms with Crippen molar-refractivity contribution < 1.29 is 0 Å². The summed E-state index contributed by atoms with van der Waals surface area (Å²) in [6.45, 7) is 5.40. The zero-order valence-corrected chi connectivity index (χ0v) is 16.6. The minimum atomic E-state index is 0.697. The van der Waals surface area contributed by atoms with Gasteiger partial charge in [0.25, 0.3) is 0 Å². The Balaban J connectivity index is 1.40. The summed E-state index contributed by atoms with van der Waals surface area (Å²) in [6.07, 6.45) is 2.41. The Bertz CT molecular complexity index is 699. The Morgan fingerprint density at radius 1 is 1.07 bits per heavy atom. The van der Waals surface area contributed by atoms with Crippen molar-refractivity contribution in [2.45, 2.75) is 19.4 Å². The normalized spacial score (nSPS) is 17.9. The van der Waals surface area contributed by atoms with Gasteiger partial charge in [-0.1, -0.05) is 60.7 Å². The van der Waals surface area contributed by atoms with Crippen LogP contribution in [0.15, 0.2) is 65.7 Å². The number of nitrogens with one attached hydrogen (secondary N) is 1. The van der Waals surface area contributed by atoms with Crippen molar-refractivity contribution in [2.24, 2.45) is 10.9 Å². The second kappa shape index (κ2) is 10.1. The van der Waals surface area contributed by atoms with E-state index in [0.717, 1.165) is 32.0 Å². The van der Waals surface area contributed by atoms with Gasteiger partial charge in [0, 0.05) is 40.3 Å². The number of rotatable bonds is 7. The highest BCUT2D eigenvalue weighted by atomic mass is 15.3. The zero-order valence-electron chi connectivity index (χ0n) is 16.6. The highest BCUT2D eigenvalue weighted by Gasteiger charge is 2.22. The van der Waals surface area contributed by atoms with Gasteiger partial charge in [0.05, 0.1) is 0 Å². The van der Waals surface area contributed by atoms with Gasteiger partial charge in [0.2, 0.25) is 0 Å². The Hall–Kier alpha value is -2.33. The number of hydrogen-bond acceptors (Lipinski definition) is 2. The van der Waals surface area contributed by atoms with E-state index in [9.17, 15) is 0 Å². The lowest BCUT2D eigenvalue weighted by Gasteiger charge is -2.23. The molecule has 1 aliphatic heterocycles. The van der Waals surface area contributed by atoms with Crippen LogP contribution >= 0.6 is 0 Å². The molecule has 2 aromatic carbocycles. The van der Waals surface area contributed by atoms with Crippen molar-refractivity contribution in [1.29, 1.82) is 0 Å². The number of likely N-dealkylation sites (tertiary alicyclic amines) is 1. The Morgan fingerprint density at radius 3 is 2.41 bits per heavy atom. The molecule has 0 bridgehead atoms. The fraction of sp³-hybridized carbons (Fsp3) is 0.435. The molecule has 0 aromatic heterocycles. The van der Waals surface area contributed by atoms with Crippen LogP contribution in [0.2, 0.25) is 0 Å². The van der Waals surface area contributed by atoms with Crippen LogP contribution in [-0.4, -0.2) is 56.0 Å². The molecule has 1 fully saturated rings. The number of nitrogens with zero attached hydrogens (tertiary/aromatic N) is 3. The maximum Gasteiger partial charge on any atom is 0.193 e. The van der Waals surface area contributed by atoms with Crippen LogP contribution in [0.25, 0.3) is 0 Å². The molecular formula is C23H32N4. The summed E-state index contributed by atoms with van der Waals surface area (Å²) in [7, 11) is 3.97. The summed E-state index contributed by atoms with van der Waals surface area (Å²) in [6, 6.07) is 21.3. The van der Waals surface area contributed by atoms with Gasteiger partial charge in [0.15, 0.2) is 5.96 Å². The molecular weight excluding hydrogens is 332 g/mol. The summed E-state index contributed by atoms with van der Waals surface area (Å²) in [4.78, 5) is 9.24. The summed E-state index contributed by atoms with van der Waals surface area (Å²) in [5.41, 5.74) is 2.73. The third kappa shape index (κ3) is 6.10. The lowest BCUT2D eigenvalue weighted by Crippen LogP contribution is -2.41. The van der Waals surface area contributed by atoms with Gasteiger partial charge in [-0.3, -0.25) is 4.99 Å². The first-order chi connectivity index (χ1) is 13.2. The monoisotopic (exact) mass is 364 g/mol. The highest BCUT2D eigenvalue weighted by Crippen LogP contribution is 2.16. The molecule has 1 unspecified atom stereocenters. The molecule has 4 nitrogen and oxygen atoms in total. The van der Waals surface area contributed by atoms with E-state index in [1.807, 2.05) is 7.05 Å². The molecule has 3 rings (SSSR count). The lowest BCUT2D eigenvalue weighted by molar-refractivity contribution is 0.327. The van der Waals surface area contributed by atoms with Gasteiger partial charge in [0.1, 0.15) is 0 Å². The molecule has 0 amide bonds. The van der Waals surface area contributed by atoms with Crippen LogP contribution in [0, 0.1) is 5.92 Å². The standard InChI is InChI=1S/C23H32N4/c1-24-23(26(2)18-21-11-7-4-8-12-21)25-17-22-14-16-27(19-22)15-13-20-9-5-3-6-10-20/h3-12,22H,13-19H2,1-2H3,(H,24,25). The smallest absolute Gasteiger partial charge is 0.193 e. The SMILES string of the molecule is CN=C(NCC1CCN(CCc2ccccc2)C1)N(C)Cc1ccccc1. The van der Waals surface area contributed by atoms with E-state index >= 15 is 0 Å². The van der Waals surface area contributed by atoms with Crippen molar-refractivity contribution in [3.63, 3.8) is 0 Å². The molecule has 0 saturated carbocycles. The first-order valence-corrected chi connectivity index (χ1v) is 9.96. The van der Waals surface area contributed by atoms with Gasteiger partial charge < -0.3 is 15.1 Å². The number of benzene rings is 2. The summed E-state index contributed by atoms with van der Waals surface area (Å²) in [5, 5.41) is 3.57. The average Bonchev–Trinajstić information content (AvgIpc) is 3.16. The molecule has 1 N–H and O–H groups in total.